The minimum absolute atomic E-state index is 0.0597. The van der Waals surface area contributed by atoms with Crippen LogP contribution in [0.5, 0.6) is 0 Å². The van der Waals surface area contributed by atoms with E-state index in [0.29, 0.717) is 30.0 Å². The van der Waals surface area contributed by atoms with E-state index in [1.54, 1.807) is 47.2 Å². The predicted octanol–water partition coefficient (Wildman–Crippen LogP) is 3.32. The predicted molar refractivity (Wildman–Crippen MR) is 142 cm³/mol. The summed E-state index contributed by atoms with van der Waals surface area (Å²) in [5, 5.41) is 9.72. The summed E-state index contributed by atoms with van der Waals surface area (Å²) in [6, 6.07) is 5.08. The summed E-state index contributed by atoms with van der Waals surface area (Å²) in [6.07, 6.45) is 1.83. The summed E-state index contributed by atoms with van der Waals surface area (Å²) in [4.78, 5) is 44.6. The van der Waals surface area contributed by atoms with E-state index in [-0.39, 0.29) is 44.0 Å². The molecule has 206 valence electrons. The lowest BCUT2D eigenvalue weighted by Crippen LogP contribution is -2.45. The van der Waals surface area contributed by atoms with Crippen LogP contribution in [-0.4, -0.2) is 81.3 Å². The zero-order chi connectivity index (χ0) is 27.4. The SMILES string of the molecule is C=CCN1C(=O)[C@@]2(O[C@@H](CC(=O)N3CCC[C@H]3CO)[C@H]([Si](C)(C)F)[C@H]2C)c2cc(N3CCOC3=O)ccc21. The van der Waals surface area contributed by atoms with Gasteiger partial charge < -0.3 is 28.5 Å². The maximum atomic E-state index is 16.0. The molecule has 1 spiro atoms. The van der Waals surface area contributed by atoms with Crippen molar-refractivity contribution in [3.8, 4) is 0 Å². The lowest BCUT2D eigenvalue weighted by molar-refractivity contribution is -0.149. The van der Waals surface area contributed by atoms with E-state index in [0.717, 1.165) is 12.8 Å². The molecule has 1 aromatic carbocycles. The summed E-state index contributed by atoms with van der Waals surface area (Å²) in [6.45, 7) is 10.2. The number of hydrogen-bond acceptors (Lipinski definition) is 6. The van der Waals surface area contributed by atoms with E-state index in [1.165, 1.54) is 4.90 Å². The summed E-state index contributed by atoms with van der Waals surface area (Å²) in [5.41, 5.74) is -0.345. The number of cyclic esters (lactones) is 1. The van der Waals surface area contributed by atoms with Crippen molar-refractivity contribution in [2.75, 3.05) is 42.6 Å². The Morgan fingerprint density at radius 2 is 2.08 bits per heavy atom. The molecule has 4 heterocycles. The second-order valence-electron chi connectivity index (χ2n) is 11.2. The fraction of sp³-hybridized carbons (Fsp3) is 0.593. The molecule has 3 fully saturated rings. The molecule has 4 aliphatic heterocycles. The number of benzene rings is 1. The van der Waals surface area contributed by atoms with Crippen LogP contribution in [0.15, 0.2) is 30.9 Å². The lowest BCUT2D eigenvalue weighted by atomic mass is 9.82. The van der Waals surface area contributed by atoms with Gasteiger partial charge in [-0.25, -0.2) is 4.79 Å². The minimum atomic E-state index is -3.44. The molecule has 3 amide bonds. The Bertz CT molecular complexity index is 1160. The van der Waals surface area contributed by atoms with Crippen LogP contribution in [0.4, 0.5) is 20.3 Å². The van der Waals surface area contributed by atoms with Gasteiger partial charge in [0.2, 0.25) is 14.3 Å². The first-order valence-corrected chi connectivity index (χ1v) is 16.3. The van der Waals surface area contributed by atoms with Gasteiger partial charge in [-0.05, 0) is 44.1 Å². The van der Waals surface area contributed by atoms with Crippen molar-refractivity contribution >= 4 is 37.7 Å². The number of amides is 3. The number of carbonyl (C=O) groups is 3. The number of anilines is 2. The highest BCUT2D eigenvalue weighted by molar-refractivity contribution is 6.72. The number of halogens is 1. The molecule has 0 saturated carbocycles. The van der Waals surface area contributed by atoms with Crippen molar-refractivity contribution in [2.45, 2.75) is 62.6 Å². The number of likely N-dealkylation sites (tertiary alicyclic amines) is 1. The standard InChI is InChI=1S/C27H36FN3O6Si/c1-5-10-31-21-9-8-18(30-12-13-36-26(30)35)14-20(21)27(25(31)34)17(2)24(38(3,4)28)22(37-27)15-23(33)29-11-6-7-19(29)16-32/h5,8-9,14,17,19,22,24,32H,1,6-7,10-13,15-16H2,2-4H3/t17-,19+,22+,24-,27+/m1/s1. The van der Waals surface area contributed by atoms with Crippen LogP contribution in [0.2, 0.25) is 18.6 Å². The molecule has 1 N–H and O–H groups in total. The molecule has 5 atom stereocenters. The number of rotatable bonds is 7. The molecule has 0 aliphatic carbocycles. The van der Waals surface area contributed by atoms with E-state index < -0.39 is 37.7 Å². The average molecular weight is 546 g/mol. The summed E-state index contributed by atoms with van der Waals surface area (Å²) < 4.78 is 27.8. The number of aliphatic hydroxyl groups is 1. The molecule has 0 radical (unpaired) electrons. The molecule has 3 saturated heterocycles. The third-order valence-corrected chi connectivity index (χ3v) is 11.1. The first-order chi connectivity index (χ1) is 18.0. The van der Waals surface area contributed by atoms with Gasteiger partial charge in [-0.3, -0.25) is 14.5 Å². The van der Waals surface area contributed by atoms with Gasteiger partial charge in [-0.1, -0.05) is 13.0 Å². The van der Waals surface area contributed by atoms with E-state index in [9.17, 15) is 19.5 Å². The molecule has 0 aromatic heterocycles. The highest BCUT2D eigenvalue weighted by Crippen LogP contribution is 2.60. The highest BCUT2D eigenvalue weighted by atomic mass is 28.4. The van der Waals surface area contributed by atoms with E-state index in [2.05, 4.69) is 6.58 Å². The van der Waals surface area contributed by atoms with E-state index in [4.69, 9.17) is 9.47 Å². The van der Waals surface area contributed by atoms with Gasteiger partial charge >= 0.3 is 6.09 Å². The van der Waals surface area contributed by atoms with Crippen molar-refractivity contribution in [2.24, 2.45) is 5.92 Å². The van der Waals surface area contributed by atoms with Crippen LogP contribution < -0.4 is 9.80 Å². The van der Waals surface area contributed by atoms with E-state index >= 15 is 4.11 Å². The Kier molecular flexibility index (Phi) is 6.89. The molecule has 0 bridgehead atoms. The van der Waals surface area contributed by atoms with Crippen LogP contribution in [-0.2, 0) is 24.7 Å². The van der Waals surface area contributed by atoms with Crippen LogP contribution in [0.1, 0.15) is 31.7 Å². The van der Waals surface area contributed by atoms with E-state index in [1.807, 2.05) is 6.92 Å². The zero-order valence-electron chi connectivity index (χ0n) is 22.2. The lowest BCUT2D eigenvalue weighted by Gasteiger charge is -2.31. The molecule has 11 heteroatoms. The highest BCUT2D eigenvalue weighted by Gasteiger charge is 2.67. The first kappa shape index (κ1) is 26.8. The first-order valence-electron chi connectivity index (χ1n) is 13.3. The van der Waals surface area contributed by atoms with Crippen molar-refractivity contribution in [3.63, 3.8) is 0 Å². The molecule has 9 nitrogen and oxygen atoms in total. The second-order valence-corrected chi connectivity index (χ2v) is 15.0. The fourth-order valence-electron chi connectivity index (χ4n) is 6.98. The monoisotopic (exact) mass is 545 g/mol. The summed E-state index contributed by atoms with van der Waals surface area (Å²) in [5.74, 6) is -1.06. The number of nitrogens with zero attached hydrogens (tertiary/aromatic N) is 3. The van der Waals surface area contributed by atoms with Gasteiger partial charge in [0.25, 0.3) is 5.91 Å². The van der Waals surface area contributed by atoms with Gasteiger partial charge in [0.1, 0.15) is 6.61 Å². The Balaban J connectivity index is 1.57. The molecular formula is C27H36FN3O6Si. The van der Waals surface area contributed by atoms with Crippen LogP contribution in [0, 0.1) is 5.92 Å². The normalized spacial score (nSPS) is 30.9. The second kappa shape index (κ2) is 9.76. The minimum Gasteiger partial charge on any atom is -0.447 e. The van der Waals surface area contributed by atoms with Gasteiger partial charge in [0.05, 0.1) is 37.4 Å². The third-order valence-electron chi connectivity index (χ3n) is 8.61. The van der Waals surface area contributed by atoms with Gasteiger partial charge in [-0.2, -0.15) is 0 Å². The molecule has 0 unspecified atom stereocenters. The topological polar surface area (TPSA) is 99.6 Å². The van der Waals surface area contributed by atoms with Gasteiger partial charge in [0.15, 0.2) is 5.60 Å². The number of carbonyl (C=O) groups excluding carboxylic acids is 3. The Hall–Kier alpha value is -2.76. The fourth-order valence-corrected chi connectivity index (χ4v) is 9.48. The van der Waals surface area contributed by atoms with Crippen molar-refractivity contribution < 1.29 is 33.1 Å². The summed E-state index contributed by atoms with van der Waals surface area (Å²) >= 11 is 0. The number of hydrogen-bond donors (Lipinski definition) is 1. The van der Waals surface area contributed by atoms with Crippen molar-refractivity contribution in [1.82, 2.24) is 4.90 Å². The molecule has 4 aliphatic rings. The zero-order valence-corrected chi connectivity index (χ0v) is 23.2. The van der Waals surface area contributed by atoms with Gasteiger partial charge in [-0.15, -0.1) is 6.58 Å². The summed E-state index contributed by atoms with van der Waals surface area (Å²) in [7, 11) is -3.44. The Morgan fingerprint density at radius 3 is 2.71 bits per heavy atom. The van der Waals surface area contributed by atoms with Crippen molar-refractivity contribution in [3.05, 3.63) is 36.4 Å². The molecule has 5 rings (SSSR count). The van der Waals surface area contributed by atoms with Crippen LogP contribution in [0.25, 0.3) is 0 Å². The molecular weight excluding hydrogens is 509 g/mol. The smallest absolute Gasteiger partial charge is 0.414 e. The average Bonchev–Trinajstić information content (AvgIpc) is 3.62. The van der Waals surface area contributed by atoms with Crippen LogP contribution in [0.3, 0.4) is 0 Å². The van der Waals surface area contributed by atoms with Crippen LogP contribution >= 0.6 is 0 Å². The maximum Gasteiger partial charge on any atom is 0.414 e. The third kappa shape index (κ3) is 4.06. The molecule has 38 heavy (non-hydrogen) atoms. The number of fused-ring (bicyclic) bond motifs is 2. The quantitative estimate of drug-likeness (QED) is 0.321. The largest absolute Gasteiger partial charge is 0.447 e. The van der Waals surface area contributed by atoms with Gasteiger partial charge in [0, 0.05) is 35.8 Å². The Morgan fingerprint density at radius 1 is 1.32 bits per heavy atom. The van der Waals surface area contributed by atoms with Crippen molar-refractivity contribution in [1.29, 1.82) is 0 Å². The molecule has 1 aromatic rings. The number of aliphatic hydroxyl groups excluding tert-OH is 1. The Labute approximate surface area is 223 Å². The number of ether oxygens (including phenoxy) is 2. The maximum absolute atomic E-state index is 16.0.